The lowest BCUT2D eigenvalue weighted by Gasteiger charge is -2.30. The second-order valence-corrected chi connectivity index (χ2v) is 7.07. The van der Waals surface area contributed by atoms with E-state index in [0.717, 1.165) is 42.7 Å². The van der Waals surface area contributed by atoms with Gasteiger partial charge in [-0.3, -0.25) is 4.79 Å². The number of amides is 1. The molecule has 0 atom stereocenters. The molecule has 1 amide bonds. The van der Waals surface area contributed by atoms with Crippen molar-refractivity contribution >= 4 is 35.1 Å². The van der Waals surface area contributed by atoms with Crippen LogP contribution in [0.25, 0.3) is 0 Å². The van der Waals surface area contributed by atoms with Gasteiger partial charge in [0, 0.05) is 17.2 Å². The van der Waals surface area contributed by atoms with Gasteiger partial charge in [0.1, 0.15) is 0 Å². The molecule has 2 aliphatic rings. The second-order valence-electron chi connectivity index (χ2n) is 4.90. The van der Waals surface area contributed by atoms with Crippen LogP contribution in [0, 0.1) is 5.92 Å². The maximum Gasteiger partial charge on any atom is 0.237 e. The molecule has 0 radical (unpaired) electrons. The van der Waals surface area contributed by atoms with Crippen LogP contribution in [0.4, 0.5) is 5.69 Å². The number of nitrogens with one attached hydrogen (secondary N) is 1. The number of carbonyl (C=O) groups is 1. The first-order chi connectivity index (χ1) is 9.34. The van der Waals surface area contributed by atoms with E-state index in [1.807, 2.05) is 28.8 Å². The number of fused-ring (bicyclic) bond motifs is 1. The van der Waals surface area contributed by atoms with Crippen molar-refractivity contribution in [3.8, 4) is 0 Å². The Morgan fingerprint density at radius 1 is 1.42 bits per heavy atom. The van der Waals surface area contributed by atoms with E-state index in [9.17, 15) is 4.79 Å². The molecule has 1 aromatic carbocycles. The van der Waals surface area contributed by atoms with Crippen LogP contribution in [0.2, 0.25) is 0 Å². The molecule has 0 aliphatic carbocycles. The summed E-state index contributed by atoms with van der Waals surface area (Å²) in [5, 5.41) is 3.26. The zero-order chi connectivity index (χ0) is 13.1. The van der Waals surface area contributed by atoms with Crippen molar-refractivity contribution in [1.29, 1.82) is 0 Å². The van der Waals surface area contributed by atoms with E-state index < -0.39 is 0 Å². The minimum absolute atomic E-state index is 0.255. The van der Waals surface area contributed by atoms with Crippen molar-refractivity contribution in [2.75, 3.05) is 41.8 Å². The number of rotatable bonds is 4. The minimum atomic E-state index is 0.255. The van der Waals surface area contributed by atoms with Gasteiger partial charge in [-0.05, 0) is 36.9 Å². The van der Waals surface area contributed by atoms with Crippen LogP contribution in [-0.2, 0) is 4.79 Å². The lowest BCUT2D eigenvalue weighted by molar-refractivity contribution is -0.116. The lowest BCUT2D eigenvalue weighted by atomic mass is 10.1. The predicted octanol–water partition coefficient (Wildman–Crippen LogP) is 2.08. The van der Waals surface area contributed by atoms with Crippen molar-refractivity contribution in [3.63, 3.8) is 0 Å². The standard InChI is InChI=1S/C14H18N2OS2/c17-14(10-18-9-11-7-15-8-11)16-5-6-19-13-4-2-1-3-12(13)16/h1-4,11,15H,5-10H2. The minimum Gasteiger partial charge on any atom is -0.316 e. The number of thioether (sulfide) groups is 2. The van der Waals surface area contributed by atoms with E-state index in [1.54, 1.807) is 11.8 Å². The molecule has 19 heavy (non-hydrogen) atoms. The Morgan fingerprint density at radius 3 is 3.05 bits per heavy atom. The molecular weight excluding hydrogens is 276 g/mol. The summed E-state index contributed by atoms with van der Waals surface area (Å²) in [4.78, 5) is 15.5. The van der Waals surface area contributed by atoms with Gasteiger partial charge in [0.2, 0.25) is 5.91 Å². The zero-order valence-electron chi connectivity index (χ0n) is 10.8. The van der Waals surface area contributed by atoms with Gasteiger partial charge in [-0.1, -0.05) is 12.1 Å². The van der Waals surface area contributed by atoms with E-state index in [-0.39, 0.29) is 5.91 Å². The van der Waals surface area contributed by atoms with E-state index in [0.29, 0.717) is 5.75 Å². The first-order valence-corrected chi connectivity index (χ1v) is 8.79. The van der Waals surface area contributed by atoms with Gasteiger partial charge in [0.25, 0.3) is 0 Å². The molecule has 5 heteroatoms. The average molecular weight is 294 g/mol. The van der Waals surface area contributed by atoms with Gasteiger partial charge in [-0.15, -0.1) is 11.8 Å². The van der Waals surface area contributed by atoms with Crippen molar-refractivity contribution in [1.82, 2.24) is 5.32 Å². The molecule has 0 spiro atoms. The summed E-state index contributed by atoms with van der Waals surface area (Å²) in [6, 6.07) is 8.21. The fourth-order valence-electron chi connectivity index (χ4n) is 2.29. The average Bonchev–Trinajstić information content (AvgIpc) is 2.40. The fraction of sp³-hybridized carbons (Fsp3) is 0.500. The number of carbonyl (C=O) groups excluding carboxylic acids is 1. The van der Waals surface area contributed by atoms with Crippen molar-refractivity contribution in [2.24, 2.45) is 5.92 Å². The quantitative estimate of drug-likeness (QED) is 0.921. The first-order valence-electron chi connectivity index (χ1n) is 6.65. The molecule has 1 fully saturated rings. The summed E-state index contributed by atoms with van der Waals surface area (Å²) in [7, 11) is 0. The molecule has 3 nitrogen and oxygen atoms in total. The smallest absolute Gasteiger partial charge is 0.237 e. The van der Waals surface area contributed by atoms with Crippen LogP contribution < -0.4 is 10.2 Å². The van der Waals surface area contributed by atoms with Gasteiger partial charge in [0.05, 0.1) is 11.4 Å². The largest absolute Gasteiger partial charge is 0.316 e. The molecule has 0 bridgehead atoms. The highest BCUT2D eigenvalue weighted by Crippen LogP contribution is 2.34. The Balaban J connectivity index is 1.57. The van der Waals surface area contributed by atoms with E-state index in [1.165, 1.54) is 4.90 Å². The maximum absolute atomic E-state index is 12.3. The highest BCUT2D eigenvalue weighted by molar-refractivity contribution is 8.00. The molecular formula is C14H18N2OS2. The molecule has 0 saturated carbocycles. The summed E-state index contributed by atoms with van der Waals surface area (Å²) in [5.41, 5.74) is 1.09. The van der Waals surface area contributed by atoms with Crippen LogP contribution in [0.1, 0.15) is 0 Å². The molecule has 2 heterocycles. The Hall–Kier alpha value is -0.650. The van der Waals surface area contributed by atoms with Crippen molar-refractivity contribution in [3.05, 3.63) is 24.3 Å². The zero-order valence-corrected chi connectivity index (χ0v) is 12.4. The number of nitrogens with zero attached hydrogens (tertiary/aromatic N) is 1. The first kappa shape index (κ1) is 13.3. The predicted molar refractivity (Wildman–Crippen MR) is 83.2 cm³/mol. The van der Waals surface area contributed by atoms with Gasteiger partial charge in [-0.2, -0.15) is 11.8 Å². The van der Waals surface area contributed by atoms with Crippen LogP contribution in [0.15, 0.2) is 29.2 Å². The number of anilines is 1. The molecule has 1 saturated heterocycles. The third kappa shape index (κ3) is 3.09. The summed E-state index contributed by atoms with van der Waals surface area (Å²) in [6.07, 6.45) is 0. The molecule has 1 N–H and O–H groups in total. The Labute approximate surface area is 122 Å². The van der Waals surface area contributed by atoms with Crippen molar-refractivity contribution in [2.45, 2.75) is 4.90 Å². The lowest BCUT2D eigenvalue weighted by Crippen LogP contribution is -2.43. The Bertz CT molecular complexity index is 463. The third-order valence-corrected chi connectivity index (χ3v) is 5.68. The summed E-state index contributed by atoms with van der Waals surface area (Å²) < 4.78 is 0. The molecule has 102 valence electrons. The highest BCUT2D eigenvalue weighted by Gasteiger charge is 2.23. The summed E-state index contributed by atoms with van der Waals surface area (Å²) >= 11 is 3.62. The van der Waals surface area contributed by atoms with Gasteiger partial charge in [-0.25, -0.2) is 0 Å². The summed E-state index contributed by atoms with van der Waals surface area (Å²) in [5.74, 6) is 3.73. The number of para-hydroxylation sites is 1. The SMILES string of the molecule is O=C(CSCC1CNC1)N1CCSc2ccccc21. The van der Waals surface area contributed by atoms with E-state index in [4.69, 9.17) is 0 Å². The molecule has 1 aromatic rings. The van der Waals surface area contributed by atoms with Crippen LogP contribution >= 0.6 is 23.5 Å². The Morgan fingerprint density at radius 2 is 2.26 bits per heavy atom. The van der Waals surface area contributed by atoms with Crippen molar-refractivity contribution < 1.29 is 4.79 Å². The number of hydrogen-bond donors (Lipinski definition) is 1. The Kier molecular flexibility index (Phi) is 4.35. The van der Waals surface area contributed by atoms with Crippen LogP contribution in [0.3, 0.4) is 0 Å². The van der Waals surface area contributed by atoms with Crippen LogP contribution in [-0.4, -0.2) is 42.8 Å². The molecule has 2 aliphatic heterocycles. The monoisotopic (exact) mass is 294 g/mol. The molecule has 0 aromatic heterocycles. The van der Waals surface area contributed by atoms with Gasteiger partial charge < -0.3 is 10.2 Å². The maximum atomic E-state index is 12.3. The van der Waals surface area contributed by atoms with E-state index >= 15 is 0 Å². The number of hydrogen-bond acceptors (Lipinski definition) is 4. The van der Waals surface area contributed by atoms with Crippen LogP contribution in [0.5, 0.6) is 0 Å². The fourth-order valence-corrected chi connectivity index (χ4v) is 4.30. The van der Waals surface area contributed by atoms with E-state index in [2.05, 4.69) is 17.4 Å². The highest BCUT2D eigenvalue weighted by atomic mass is 32.2. The van der Waals surface area contributed by atoms with Gasteiger partial charge in [0.15, 0.2) is 0 Å². The normalized spacial score (nSPS) is 18.8. The second kappa shape index (κ2) is 6.20. The summed E-state index contributed by atoms with van der Waals surface area (Å²) in [6.45, 7) is 3.07. The third-order valence-electron chi connectivity index (χ3n) is 3.47. The topological polar surface area (TPSA) is 32.3 Å². The molecule has 3 rings (SSSR count). The van der Waals surface area contributed by atoms with Gasteiger partial charge >= 0.3 is 0 Å². The molecule has 0 unspecified atom stereocenters. The number of benzene rings is 1.